The third-order valence-electron chi connectivity index (χ3n) is 2.71. The minimum atomic E-state index is 0.782. The topological polar surface area (TPSA) is 42.7 Å². The lowest BCUT2D eigenvalue weighted by Crippen LogP contribution is -2.05. The van der Waals surface area contributed by atoms with E-state index in [2.05, 4.69) is 56.7 Å². The maximum Gasteiger partial charge on any atom is 0.156 e. The van der Waals surface area contributed by atoms with E-state index in [4.69, 9.17) is 0 Å². The van der Waals surface area contributed by atoms with Gasteiger partial charge in [-0.25, -0.2) is 4.68 Å². The number of hydrogen-bond donors (Lipinski definition) is 1. The predicted molar refractivity (Wildman–Crippen MR) is 71.6 cm³/mol. The highest BCUT2D eigenvalue weighted by molar-refractivity contribution is 9.10. The number of aryl methyl sites for hydroxylation is 2. The quantitative estimate of drug-likeness (QED) is 0.944. The van der Waals surface area contributed by atoms with E-state index in [9.17, 15) is 0 Å². The lowest BCUT2D eigenvalue weighted by atomic mass is 10.0. The van der Waals surface area contributed by atoms with E-state index in [0.717, 1.165) is 22.4 Å². The fourth-order valence-electron chi connectivity index (χ4n) is 1.92. The largest absolute Gasteiger partial charge is 0.316 e. The molecule has 0 unspecified atom stereocenters. The fourth-order valence-corrected chi connectivity index (χ4v) is 2.46. The standard InChI is InChI=1S/C12H15BrN4/c1-8-6-9(7-14-2)4-5-10(8)11-12(13)15-16-17(11)3/h4-6,14H,7H2,1-3H3. The SMILES string of the molecule is CNCc1ccc(-c2c(Br)nnn2C)c(C)c1. The van der Waals surface area contributed by atoms with Crippen LogP contribution in [-0.2, 0) is 13.6 Å². The van der Waals surface area contributed by atoms with Crippen molar-refractivity contribution in [3.63, 3.8) is 0 Å². The van der Waals surface area contributed by atoms with Gasteiger partial charge in [0.25, 0.3) is 0 Å². The van der Waals surface area contributed by atoms with E-state index < -0.39 is 0 Å². The zero-order chi connectivity index (χ0) is 12.4. The van der Waals surface area contributed by atoms with Gasteiger partial charge in [-0.05, 0) is 41.0 Å². The first kappa shape index (κ1) is 12.3. The van der Waals surface area contributed by atoms with Gasteiger partial charge < -0.3 is 5.32 Å². The minimum absolute atomic E-state index is 0.782. The second-order valence-corrected chi connectivity index (χ2v) is 4.78. The molecular formula is C12H15BrN4. The van der Waals surface area contributed by atoms with E-state index in [0.29, 0.717) is 0 Å². The van der Waals surface area contributed by atoms with Gasteiger partial charge in [0.2, 0.25) is 0 Å². The summed E-state index contributed by atoms with van der Waals surface area (Å²) in [5, 5.41) is 11.2. The van der Waals surface area contributed by atoms with Gasteiger partial charge in [-0.15, -0.1) is 5.10 Å². The Kier molecular flexibility index (Phi) is 3.59. The summed E-state index contributed by atoms with van der Waals surface area (Å²) >= 11 is 3.43. The normalized spacial score (nSPS) is 10.8. The summed E-state index contributed by atoms with van der Waals surface area (Å²) in [5.74, 6) is 0. The molecule has 0 amide bonds. The molecule has 0 aliphatic heterocycles. The smallest absolute Gasteiger partial charge is 0.156 e. The number of nitrogens with one attached hydrogen (secondary N) is 1. The van der Waals surface area contributed by atoms with Crippen LogP contribution in [-0.4, -0.2) is 22.0 Å². The third-order valence-corrected chi connectivity index (χ3v) is 3.25. The van der Waals surface area contributed by atoms with E-state index in [1.807, 2.05) is 14.1 Å². The molecule has 0 aliphatic rings. The van der Waals surface area contributed by atoms with Crippen LogP contribution in [0.2, 0.25) is 0 Å². The Bertz CT molecular complexity index is 514. The molecule has 4 nitrogen and oxygen atoms in total. The van der Waals surface area contributed by atoms with Crippen LogP contribution < -0.4 is 5.32 Å². The first-order chi connectivity index (χ1) is 8.13. The Morgan fingerprint density at radius 3 is 2.71 bits per heavy atom. The summed E-state index contributed by atoms with van der Waals surface area (Å²) in [6.07, 6.45) is 0. The molecule has 5 heteroatoms. The van der Waals surface area contributed by atoms with Crippen molar-refractivity contribution in [2.75, 3.05) is 7.05 Å². The molecule has 1 heterocycles. The van der Waals surface area contributed by atoms with Crippen molar-refractivity contribution >= 4 is 15.9 Å². The van der Waals surface area contributed by atoms with Crippen molar-refractivity contribution in [2.24, 2.45) is 7.05 Å². The molecule has 2 aromatic rings. The molecule has 17 heavy (non-hydrogen) atoms. The van der Waals surface area contributed by atoms with Gasteiger partial charge in [0, 0.05) is 19.2 Å². The Morgan fingerprint density at radius 1 is 1.41 bits per heavy atom. The van der Waals surface area contributed by atoms with Gasteiger partial charge >= 0.3 is 0 Å². The van der Waals surface area contributed by atoms with Crippen LogP contribution in [0.5, 0.6) is 0 Å². The number of halogens is 1. The highest BCUT2D eigenvalue weighted by atomic mass is 79.9. The second kappa shape index (κ2) is 4.98. The molecule has 0 spiro atoms. The summed E-state index contributed by atoms with van der Waals surface area (Å²) in [6, 6.07) is 6.43. The van der Waals surface area contributed by atoms with E-state index in [-0.39, 0.29) is 0 Å². The van der Waals surface area contributed by atoms with Crippen molar-refractivity contribution in [2.45, 2.75) is 13.5 Å². The van der Waals surface area contributed by atoms with Crippen molar-refractivity contribution in [3.05, 3.63) is 33.9 Å². The summed E-state index contributed by atoms with van der Waals surface area (Å²) in [4.78, 5) is 0. The average Bonchev–Trinajstić information content (AvgIpc) is 2.60. The Labute approximate surface area is 109 Å². The average molecular weight is 295 g/mol. The monoisotopic (exact) mass is 294 g/mol. The number of aromatic nitrogens is 3. The maximum absolute atomic E-state index is 4.01. The summed E-state index contributed by atoms with van der Waals surface area (Å²) < 4.78 is 2.56. The van der Waals surface area contributed by atoms with Gasteiger partial charge in [-0.2, -0.15) is 0 Å². The molecule has 1 aromatic heterocycles. The van der Waals surface area contributed by atoms with Gasteiger partial charge in [0.1, 0.15) is 5.69 Å². The highest BCUT2D eigenvalue weighted by Crippen LogP contribution is 2.28. The molecule has 0 atom stereocenters. The van der Waals surface area contributed by atoms with Crippen LogP contribution in [0.4, 0.5) is 0 Å². The van der Waals surface area contributed by atoms with E-state index >= 15 is 0 Å². The van der Waals surface area contributed by atoms with Gasteiger partial charge in [0.15, 0.2) is 4.60 Å². The van der Waals surface area contributed by atoms with Crippen LogP contribution in [0.3, 0.4) is 0 Å². The first-order valence-electron chi connectivity index (χ1n) is 5.43. The van der Waals surface area contributed by atoms with Crippen LogP contribution in [0.1, 0.15) is 11.1 Å². The lowest BCUT2D eigenvalue weighted by molar-refractivity contribution is 0.719. The molecule has 0 bridgehead atoms. The van der Waals surface area contributed by atoms with Gasteiger partial charge in [-0.1, -0.05) is 23.4 Å². The van der Waals surface area contributed by atoms with E-state index in [1.165, 1.54) is 11.1 Å². The van der Waals surface area contributed by atoms with Gasteiger partial charge in [0.05, 0.1) is 0 Å². The van der Waals surface area contributed by atoms with Crippen LogP contribution in [0.15, 0.2) is 22.8 Å². The number of hydrogen-bond acceptors (Lipinski definition) is 3. The lowest BCUT2D eigenvalue weighted by Gasteiger charge is -2.08. The molecular weight excluding hydrogens is 280 g/mol. The first-order valence-corrected chi connectivity index (χ1v) is 6.22. The molecule has 0 radical (unpaired) electrons. The van der Waals surface area contributed by atoms with Crippen LogP contribution in [0, 0.1) is 6.92 Å². The van der Waals surface area contributed by atoms with Crippen molar-refractivity contribution in [1.29, 1.82) is 0 Å². The summed E-state index contributed by atoms with van der Waals surface area (Å²) in [6.45, 7) is 2.99. The van der Waals surface area contributed by atoms with Crippen LogP contribution >= 0.6 is 15.9 Å². The zero-order valence-corrected chi connectivity index (χ0v) is 11.7. The van der Waals surface area contributed by atoms with Gasteiger partial charge in [-0.3, -0.25) is 0 Å². The summed E-state index contributed by atoms with van der Waals surface area (Å²) in [7, 11) is 3.85. The zero-order valence-electron chi connectivity index (χ0n) is 10.2. The predicted octanol–water partition coefficient (Wildman–Crippen LogP) is 2.27. The third kappa shape index (κ3) is 2.40. The number of nitrogens with zero attached hydrogens (tertiary/aromatic N) is 3. The Balaban J connectivity index is 2.47. The fraction of sp³-hybridized carbons (Fsp3) is 0.333. The molecule has 0 saturated heterocycles. The molecule has 0 fully saturated rings. The molecule has 0 aliphatic carbocycles. The highest BCUT2D eigenvalue weighted by Gasteiger charge is 2.12. The van der Waals surface area contributed by atoms with Crippen molar-refractivity contribution in [3.8, 4) is 11.3 Å². The molecule has 1 aromatic carbocycles. The molecule has 1 N–H and O–H groups in total. The van der Waals surface area contributed by atoms with Crippen molar-refractivity contribution in [1.82, 2.24) is 20.3 Å². The minimum Gasteiger partial charge on any atom is -0.316 e. The number of rotatable bonds is 3. The molecule has 2 rings (SSSR count). The van der Waals surface area contributed by atoms with E-state index in [1.54, 1.807) is 4.68 Å². The molecule has 0 saturated carbocycles. The maximum atomic E-state index is 4.01. The summed E-state index contributed by atoms with van der Waals surface area (Å²) in [5.41, 5.74) is 4.67. The molecule has 90 valence electrons. The van der Waals surface area contributed by atoms with Crippen LogP contribution in [0.25, 0.3) is 11.3 Å². The number of benzene rings is 1. The van der Waals surface area contributed by atoms with Crippen molar-refractivity contribution < 1.29 is 0 Å². The Morgan fingerprint density at radius 2 is 2.18 bits per heavy atom. The Hall–Kier alpha value is -1.20. The second-order valence-electron chi connectivity index (χ2n) is 4.03.